The van der Waals surface area contributed by atoms with Gasteiger partial charge in [-0.3, -0.25) is 34.9 Å². The van der Waals surface area contributed by atoms with Crippen LogP contribution >= 0.6 is 0 Å². The van der Waals surface area contributed by atoms with Gasteiger partial charge in [0.2, 0.25) is 0 Å². The first-order valence-electron chi connectivity index (χ1n) is 43.0. The molecular weight excluding hydrogens is 1440 g/mol. The van der Waals surface area contributed by atoms with Gasteiger partial charge >= 0.3 is 0 Å². The summed E-state index contributed by atoms with van der Waals surface area (Å²) in [5, 5.41) is 0. The molecule has 7 aromatic carbocycles. The Kier molecular flexibility index (Phi) is 22.5. The number of nitrogens with zero attached hydrogens (tertiary/aromatic N) is 7. The average molecular weight is 1560 g/mol. The third-order valence-electron chi connectivity index (χ3n) is 27.8. The van der Waals surface area contributed by atoms with Gasteiger partial charge in [-0.15, -0.1) is 0 Å². The molecule has 0 N–H and O–H groups in total. The summed E-state index contributed by atoms with van der Waals surface area (Å²) in [5.74, 6) is 0. The zero-order valence-electron chi connectivity index (χ0n) is 76.2. The van der Waals surface area contributed by atoms with Crippen LogP contribution in [0, 0.1) is 194 Å². The number of hydrogen-bond acceptors (Lipinski definition) is 7. The molecular formula is C112H119N7. The predicted molar refractivity (Wildman–Crippen MR) is 500 cm³/mol. The first kappa shape index (κ1) is 82.7. The number of hydrogen-bond donors (Lipinski definition) is 0. The summed E-state index contributed by atoms with van der Waals surface area (Å²) < 4.78 is 0. The van der Waals surface area contributed by atoms with Crippen molar-refractivity contribution < 1.29 is 0 Å². The topological polar surface area (TPSA) is 90.2 Å². The normalized spacial score (nSPS) is 12.5. The number of rotatable bonds is 0. The van der Waals surface area contributed by atoms with Gasteiger partial charge < -0.3 is 0 Å². The first-order chi connectivity index (χ1) is 56.6. The second-order valence-electron chi connectivity index (χ2n) is 35.9. The van der Waals surface area contributed by atoms with Gasteiger partial charge in [0, 0.05) is 126 Å². The minimum absolute atomic E-state index is 0.993. The first-order valence-corrected chi connectivity index (χ1v) is 43.0. The summed E-state index contributed by atoms with van der Waals surface area (Å²) in [5.41, 5.74) is 76.3. The molecule has 7 aliphatic carbocycles. The molecule has 0 unspecified atom stereocenters. The molecule has 0 radical (unpaired) electrons. The molecule has 0 saturated heterocycles. The average Bonchev–Trinajstić information content (AvgIpc) is 1.62. The SMILES string of the molecule is Cc1cc(C)c2c(n1)Cc1ccc(C)c(C)c1-2.Cc1cc2c(c(C)c1C)-c1c(C)ccnc1C2.Cc1ccc2c(c1C)-c1c(ncc(C)c1C)C2.Cc1ccc2c(n1)Cc1c(C)cc(C)c(C)c1-2.Cc1ccc2c(n1)Cc1cc(C)c(C)c(C)c1-2.Cc1cnc2c(c1)-c1c(C)c(C)cc(C)c1C2.Cc1cnc2c(c1)-c1c(cc(C)c(C)c1C)C2. The Balaban J connectivity index is 0.000000108. The molecule has 7 heteroatoms. The molecule has 7 heterocycles. The van der Waals surface area contributed by atoms with Crippen LogP contribution in [-0.2, 0) is 44.9 Å². The second-order valence-corrected chi connectivity index (χ2v) is 35.9. The number of benzene rings is 7. The Hall–Kier alpha value is -11.4. The Morgan fingerprint density at radius 3 is 1.09 bits per heavy atom. The molecule has 0 bridgehead atoms. The maximum Gasteiger partial charge on any atom is 0.0531 e. The van der Waals surface area contributed by atoms with Crippen molar-refractivity contribution in [3.8, 4) is 77.9 Å². The fourth-order valence-electron chi connectivity index (χ4n) is 20.0. The van der Waals surface area contributed by atoms with Crippen LogP contribution in [-0.4, -0.2) is 34.9 Å². The monoisotopic (exact) mass is 1560 g/mol. The minimum atomic E-state index is 0.993. The molecule has 0 spiro atoms. The largest absolute Gasteiger partial charge is 0.260 e. The van der Waals surface area contributed by atoms with Gasteiger partial charge in [0.05, 0.1) is 39.9 Å². The minimum Gasteiger partial charge on any atom is -0.260 e. The quantitative estimate of drug-likeness (QED) is 0.149. The highest BCUT2D eigenvalue weighted by Gasteiger charge is 2.31. The van der Waals surface area contributed by atoms with Gasteiger partial charge in [-0.1, -0.05) is 66.7 Å². The van der Waals surface area contributed by atoms with Crippen molar-refractivity contribution in [1.82, 2.24) is 34.9 Å². The van der Waals surface area contributed by atoms with E-state index in [-0.39, 0.29) is 0 Å². The van der Waals surface area contributed by atoms with E-state index in [1.807, 2.05) is 24.8 Å². The van der Waals surface area contributed by atoms with E-state index in [1.165, 1.54) is 296 Å². The van der Waals surface area contributed by atoms with Crippen molar-refractivity contribution in [3.63, 3.8) is 0 Å². The Bertz CT molecular complexity index is 6530. The van der Waals surface area contributed by atoms with Crippen molar-refractivity contribution in [2.24, 2.45) is 0 Å². The van der Waals surface area contributed by atoms with Gasteiger partial charge in [0.1, 0.15) is 0 Å². The molecule has 0 saturated carbocycles. The summed E-state index contributed by atoms with van der Waals surface area (Å²) in [7, 11) is 0. The zero-order chi connectivity index (χ0) is 85.1. The van der Waals surface area contributed by atoms with E-state index in [9.17, 15) is 0 Å². The predicted octanol–water partition coefficient (Wildman–Crippen LogP) is 27.2. The highest BCUT2D eigenvalue weighted by atomic mass is 14.7. The van der Waals surface area contributed by atoms with Crippen molar-refractivity contribution >= 4 is 0 Å². The summed E-state index contributed by atoms with van der Waals surface area (Å²) in [6, 6.07) is 38.1. The number of aromatic nitrogens is 7. The molecule has 0 atom stereocenters. The molecule has 0 fully saturated rings. The molecule has 7 nitrogen and oxygen atoms in total. The molecule has 14 aromatic rings. The fraction of sp³-hybridized carbons (Fsp3) is 0.312. The van der Waals surface area contributed by atoms with Crippen LogP contribution in [0.15, 0.2) is 128 Å². The molecule has 602 valence electrons. The zero-order valence-corrected chi connectivity index (χ0v) is 76.2. The Morgan fingerprint density at radius 2 is 0.546 bits per heavy atom. The number of aryl methyl sites for hydroxylation is 17. The van der Waals surface area contributed by atoms with E-state index in [0.717, 1.165) is 62.0 Å². The molecule has 0 amide bonds. The third kappa shape index (κ3) is 15.1. The van der Waals surface area contributed by atoms with Crippen molar-refractivity contribution in [3.05, 3.63) is 363 Å². The highest BCUT2D eigenvalue weighted by Crippen LogP contribution is 2.48. The fourth-order valence-corrected chi connectivity index (χ4v) is 20.0. The molecule has 119 heavy (non-hydrogen) atoms. The molecule has 0 aliphatic heterocycles. The lowest BCUT2D eigenvalue weighted by atomic mass is 9.92. The van der Waals surface area contributed by atoms with Crippen LogP contribution < -0.4 is 0 Å². The van der Waals surface area contributed by atoms with E-state index >= 15 is 0 Å². The molecule has 7 aromatic heterocycles. The Morgan fingerprint density at radius 1 is 0.185 bits per heavy atom. The van der Waals surface area contributed by atoms with Crippen LogP contribution in [0.3, 0.4) is 0 Å². The standard InChI is InChI=1S/7C16H17N/c1-9-5-14-15(17-8-9)7-13-6-10(2)11(3)12(4)16(13)14;1-9-5-14-15(17-8-9)7-13-11(3)6-10(2)12(4)16(13)14;1-9-7-10(2)14-8-15-13(16(14)12(9)4)6-5-11(3)17-15;1-9-7-13-8-15-14(6-5-10(2)17-15)16(13)12(4)11(9)3;1-9-5-6-13-7-14-16(15(13)11(9)3)12(4)10(2)8-17-14;1-9-5-6-17-14-8-13-7-10(2)11(3)12(4)16(13)15(9)14;1-9-5-6-13-8-14-15(16(13)12(9)4)10(2)7-11(3)17-14/h2*5-6,8H,7H2,1-4H3;2*5-7H,8H2,1-4H3;5-6,8H,7H2,1-4H3;2*5-7H,8H2,1-4H3. The van der Waals surface area contributed by atoms with Crippen LogP contribution in [0.25, 0.3) is 77.9 Å². The third-order valence-corrected chi connectivity index (χ3v) is 27.8. The Labute approximate surface area is 709 Å². The van der Waals surface area contributed by atoms with Crippen molar-refractivity contribution in [2.75, 3.05) is 0 Å². The summed E-state index contributed by atoms with van der Waals surface area (Å²) in [6.07, 6.45) is 14.8. The lowest BCUT2D eigenvalue weighted by Gasteiger charge is -2.13. The van der Waals surface area contributed by atoms with Gasteiger partial charge in [0.15, 0.2) is 0 Å². The van der Waals surface area contributed by atoms with E-state index < -0.39 is 0 Å². The van der Waals surface area contributed by atoms with E-state index in [0.29, 0.717) is 0 Å². The maximum atomic E-state index is 4.70. The van der Waals surface area contributed by atoms with Gasteiger partial charge in [-0.2, -0.15) is 0 Å². The second kappa shape index (κ2) is 32.4. The van der Waals surface area contributed by atoms with Gasteiger partial charge in [-0.05, 0) is 447 Å². The molecule has 7 aliphatic rings. The lowest BCUT2D eigenvalue weighted by molar-refractivity contribution is 1.06. The highest BCUT2D eigenvalue weighted by molar-refractivity contribution is 5.87. The van der Waals surface area contributed by atoms with E-state index in [2.05, 4.69) is 327 Å². The maximum absolute atomic E-state index is 4.70. The van der Waals surface area contributed by atoms with Gasteiger partial charge in [0.25, 0.3) is 0 Å². The van der Waals surface area contributed by atoms with Crippen LogP contribution in [0.2, 0.25) is 0 Å². The van der Waals surface area contributed by atoms with Crippen LogP contribution in [0.1, 0.15) is 235 Å². The lowest BCUT2D eigenvalue weighted by Crippen LogP contribution is -1.93. The van der Waals surface area contributed by atoms with Crippen LogP contribution in [0.4, 0.5) is 0 Å². The number of fused-ring (bicyclic) bond motifs is 21. The summed E-state index contributed by atoms with van der Waals surface area (Å²) in [6.45, 7) is 61.2. The van der Waals surface area contributed by atoms with Gasteiger partial charge in [-0.25, -0.2) is 0 Å². The van der Waals surface area contributed by atoms with E-state index in [1.54, 1.807) is 0 Å². The summed E-state index contributed by atoms with van der Waals surface area (Å²) >= 11 is 0. The van der Waals surface area contributed by atoms with E-state index in [4.69, 9.17) is 4.98 Å². The van der Waals surface area contributed by atoms with Crippen molar-refractivity contribution in [1.29, 1.82) is 0 Å². The molecule has 21 rings (SSSR count). The van der Waals surface area contributed by atoms with Crippen molar-refractivity contribution in [2.45, 2.75) is 239 Å². The number of pyridine rings is 7. The van der Waals surface area contributed by atoms with Crippen LogP contribution in [0.5, 0.6) is 0 Å². The summed E-state index contributed by atoms with van der Waals surface area (Å²) in [4.78, 5) is 32.3. The smallest absolute Gasteiger partial charge is 0.0531 e.